The van der Waals surface area contributed by atoms with E-state index in [1.54, 1.807) is 50.7 Å². The van der Waals surface area contributed by atoms with Crippen molar-refractivity contribution >= 4 is 28.6 Å². The van der Waals surface area contributed by atoms with E-state index in [1.165, 1.54) is 0 Å². The monoisotopic (exact) mass is 523 g/mol. The number of carbonyl (C=O) groups excluding carboxylic acids is 1. The Kier molecular flexibility index (Phi) is 7.54. The maximum absolute atomic E-state index is 12.8. The van der Waals surface area contributed by atoms with Crippen molar-refractivity contribution in [2.45, 2.75) is 38.5 Å². The van der Waals surface area contributed by atoms with E-state index in [9.17, 15) is 9.90 Å². The normalized spacial score (nSPS) is 15.7. The number of nitrogens with two attached hydrogens (primary N) is 1. The molecule has 1 aliphatic rings. The minimum Gasteiger partial charge on any atom is -0.497 e. The first-order valence-electron chi connectivity index (χ1n) is 12.6. The predicted molar refractivity (Wildman–Crippen MR) is 150 cm³/mol. The van der Waals surface area contributed by atoms with Gasteiger partial charge in [-0.15, -0.1) is 5.92 Å². The number of benzene rings is 1. The van der Waals surface area contributed by atoms with Gasteiger partial charge in [-0.3, -0.25) is 14.5 Å². The highest BCUT2D eigenvalue weighted by atomic mass is 16.5. The van der Waals surface area contributed by atoms with Crippen LogP contribution in [0.3, 0.4) is 0 Å². The number of nitrogens with zero attached hydrogens (tertiary/aromatic N) is 4. The van der Waals surface area contributed by atoms with E-state index in [2.05, 4.69) is 38.5 Å². The van der Waals surface area contributed by atoms with E-state index in [1.807, 2.05) is 22.7 Å². The molecule has 4 aromatic rings. The maximum Gasteiger partial charge on any atom is 0.256 e. The van der Waals surface area contributed by atoms with Gasteiger partial charge in [0.2, 0.25) is 0 Å². The molecule has 39 heavy (non-hydrogen) atoms. The Hall–Kier alpha value is -4.72. The van der Waals surface area contributed by atoms with E-state index >= 15 is 0 Å². The zero-order valence-electron chi connectivity index (χ0n) is 21.7. The second kappa shape index (κ2) is 11.3. The van der Waals surface area contributed by atoms with Crippen molar-refractivity contribution in [1.82, 2.24) is 24.7 Å². The molecule has 10 heteroatoms. The van der Waals surface area contributed by atoms with Gasteiger partial charge in [0.15, 0.2) is 6.23 Å². The van der Waals surface area contributed by atoms with Crippen LogP contribution in [0.15, 0.2) is 61.1 Å². The number of nitrogens with one attached hydrogen (secondary N) is 2. The fourth-order valence-electron chi connectivity index (χ4n) is 4.66. The summed E-state index contributed by atoms with van der Waals surface area (Å²) in [7, 11) is 1.56. The number of aromatic nitrogens is 4. The van der Waals surface area contributed by atoms with Crippen molar-refractivity contribution in [1.29, 1.82) is 0 Å². The molecule has 0 fully saturated rings. The molecule has 10 nitrogen and oxygen atoms in total. The molecular formula is C29H29N7O3. The molecule has 0 bridgehead atoms. The fourth-order valence-corrected chi connectivity index (χ4v) is 4.66. The summed E-state index contributed by atoms with van der Waals surface area (Å²) in [5.74, 6) is 7.33. The molecule has 3 heterocycles. The zero-order valence-corrected chi connectivity index (χ0v) is 21.7. The number of hydrogen-bond acceptors (Lipinski definition) is 8. The number of fused-ring (bicyclic) bond motifs is 1. The Balaban J connectivity index is 1.40. The lowest BCUT2D eigenvalue weighted by Crippen LogP contribution is -2.38. The molecule has 3 aromatic heterocycles. The molecular weight excluding hydrogens is 494 g/mol. The quantitative estimate of drug-likeness (QED) is 0.213. The number of nitrogen functional groups attached to an aromatic ring is 1. The van der Waals surface area contributed by atoms with Crippen molar-refractivity contribution in [3.05, 3.63) is 72.5 Å². The van der Waals surface area contributed by atoms with Gasteiger partial charge in [0.05, 0.1) is 7.11 Å². The molecule has 2 atom stereocenters. The van der Waals surface area contributed by atoms with Crippen LogP contribution in [0.2, 0.25) is 0 Å². The summed E-state index contributed by atoms with van der Waals surface area (Å²) >= 11 is 0. The average molecular weight is 524 g/mol. The molecule has 0 saturated heterocycles. The fraction of sp³-hybridized carbons (Fsp3) is 0.241. The van der Waals surface area contributed by atoms with Crippen LogP contribution in [-0.4, -0.2) is 49.7 Å². The number of aliphatic hydroxyl groups is 1. The molecule has 1 amide bonds. The number of pyridine rings is 1. The van der Waals surface area contributed by atoms with Crippen LogP contribution in [0.1, 0.15) is 42.4 Å². The van der Waals surface area contributed by atoms with E-state index in [-0.39, 0.29) is 11.9 Å². The SMILES string of the molecule is CC#CC(O)NC1CC=C(c2nc(-c3ccc(C(=O)Nc4cc(OC)ccn4)cc3)c3c(N)nccn23)CC1. The largest absolute Gasteiger partial charge is 0.497 e. The first kappa shape index (κ1) is 25.9. The highest BCUT2D eigenvalue weighted by Gasteiger charge is 2.23. The van der Waals surface area contributed by atoms with Gasteiger partial charge in [-0.1, -0.05) is 24.1 Å². The number of imidazole rings is 1. The molecule has 2 unspecified atom stereocenters. The number of carbonyl (C=O) groups is 1. The van der Waals surface area contributed by atoms with Crippen LogP contribution >= 0.6 is 0 Å². The Morgan fingerprint density at radius 1 is 1.23 bits per heavy atom. The van der Waals surface area contributed by atoms with Crippen molar-refractivity contribution < 1.29 is 14.6 Å². The third-order valence-electron chi connectivity index (χ3n) is 6.59. The van der Waals surface area contributed by atoms with Crippen molar-refractivity contribution in [3.63, 3.8) is 0 Å². The van der Waals surface area contributed by atoms with Crippen molar-refractivity contribution in [3.8, 4) is 28.8 Å². The minimum atomic E-state index is -0.837. The van der Waals surface area contributed by atoms with E-state index in [4.69, 9.17) is 15.5 Å². The van der Waals surface area contributed by atoms with E-state index < -0.39 is 6.23 Å². The van der Waals surface area contributed by atoms with Crippen LogP contribution in [0.25, 0.3) is 22.3 Å². The average Bonchev–Trinajstić information content (AvgIpc) is 3.35. The molecule has 0 aliphatic heterocycles. The Labute approximate surface area is 226 Å². The van der Waals surface area contributed by atoms with Gasteiger partial charge in [-0.25, -0.2) is 15.0 Å². The number of anilines is 2. The van der Waals surface area contributed by atoms with Crippen LogP contribution in [0.4, 0.5) is 11.6 Å². The predicted octanol–water partition coefficient (Wildman–Crippen LogP) is 3.50. The van der Waals surface area contributed by atoms with Gasteiger partial charge in [0.1, 0.15) is 34.4 Å². The minimum absolute atomic E-state index is 0.132. The van der Waals surface area contributed by atoms with Gasteiger partial charge in [0.25, 0.3) is 5.91 Å². The Bertz CT molecular complexity index is 1600. The number of rotatable bonds is 7. The summed E-state index contributed by atoms with van der Waals surface area (Å²) in [6.07, 6.45) is 8.75. The molecule has 5 N–H and O–H groups in total. The molecule has 0 radical (unpaired) electrons. The summed E-state index contributed by atoms with van der Waals surface area (Å²) in [5, 5.41) is 15.9. The molecule has 1 aliphatic carbocycles. The Morgan fingerprint density at radius 2 is 2.05 bits per heavy atom. The second-order valence-electron chi connectivity index (χ2n) is 9.09. The summed E-state index contributed by atoms with van der Waals surface area (Å²) in [5.41, 5.74) is 10.1. The molecule has 198 valence electrons. The smallest absolute Gasteiger partial charge is 0.256 e. The number of aliphatic hydroxyl groups excluding tert-OH is 1. The summed E-state index contributed by atoms with van der Waals surface area (Å²) in [4.78, 5) is 26.2. The summed E-state index contributed by atoms with van der Waals surface area (Å²) in [6.45, 7) is 1.70. The van der Waals surface area contributed by atoms with Crippen LogP contribution in [0, 0.1) is 11.8 Å². The number of ether oxygens (including phenoxy) is 1. The van der Waals surface area contributed by atoms with Gasteiger partial charge >= 0.3 is 0 Å². The van der Waals surface area contributed by atoms with Gasteiger partial charge in [0, 0.05) is 41.8 Å². The molecule has 5 rings (SSSR count). The summed E-state index contributed by atoms with van der Waals surface area (Å²) < 4.78 is 7.15. The van der Waals surface area contributed by atoms with E-state index in [0.29, 0.717) is 34.2 Å². The standard InChI is InChI=1S/C29H29N7O3/c1-3-4-24(37)33-21-11-9-19(10-12-21)28-35-25(26-27(30)32-15-16-36(26)28)18-5-7-20(8-6-18)29(38)34-23-17-22(39-2)13-14-31-23/h5-9,13-17,21,24,33,37H,10-12H2,1-2H3,(H2,30,32)(H,31,34,38). The third kappa shape index (κ3) is 5.60. The topological polar surface area (TPSA) is 140 Å². The number of amides is 1. The first-order chi connectivity index (χ1) is 19.0. The summed E-state index contributed by atoms with van der Waals surface area (Å²) in [6, 6.07) is 10.7. The lowest BCUT2D eigenvalue weighted by molar-refractivity contribution is 0.102. The lowest BCUT2D eigenvalue weighted by atomic mass is 9.94. The molecule has 0 saturated carbocycles. The first-order valence-corrected chi connectivity index (χ1v) is 12.6. The molecule has 1 aromatic carbocycles. The lowest BCUT2D eigenvalue weighted by Gasteiger charge is -2.23. The van der Waals surface area contributed by atoms with E-state index in [0.717, 1.165) is 36.2 Å². The highest BCUT2D eigenvalue weighted by molar-refractivity contribution is 6.04. The number of methoxy groups -OCH3 is 1. The van der Waals surface area contributed by atoms with Crippen LogP contribution in [0.5, 0.6) is 5.75 Å². The molecule has 0 spiro atoms. The van der Waals surface area contributed by atoms with Gasteiger partial charge < -0.3 is 20.9 Å². The van der Waals surface area contributed by atoms with Crippen molar-refractivity contribution in [2.75, 3.05) is 18.2 Å². The van der Waals surface area contributed by atoms with Crippen LogP contribution < -0.4 is 21.1 Å². The second-order valence-corrected chi connectivity index (χ2v) is 9.09. The number of hydrogen-bond donors (Lipinski definition) is 4. The van der Waals surface area contributed by atoms with Gasteiger partial charge in [-0.05, 0) is 50.0 Å². The third-order valence-corrected chi connectivity index (χ3v) is 6.59. The van der Waals surface area contributed by atoms with Crippen molar-refractivity contribution in [2.24, 2.45) is 0 Å². The Morgan fingerprint density at radius 3 is 2.77 bits per heavy atom. The van der Waals surface area contributed by atoms with Crippen LogP contribution in [-0.2, 0) is 0 Å². The number of allylic oxidation sites excluding steroid dienone is 1. The highest BCUT2D eigenvalue weighted by Crippen LogP contribution is 2.34. The maximum atomic E-state index is 12.8. The van der Waals surface area contributed by atoms with Gasteiger partial charge in [-0.2, -0.15) is 0 Å². The zero-order chi connectivity index (χ0) is 27.4.